The normalized spacial score (nSPS) is 17.1. The number of hydrogen-bond acceptors (Lipinski definition) is 3. The molecule has 28 heavy (non-hydrogen) atoms. The molecule has 1 fully saturated rings. The van der Waals surface area contributed by atoms with Gasteiger partial charge in [-0.2, -0.15) is 0 Å². The largest absolute Gasteiger partial charge is 0.355 e. The molecule has 5 nitrogen and oxygen atoms in total. The first-order valence-corrected chi connectivity index (χ1v) is 10.2. The Hall–Kier alpha value is -2.53. The minimum atomic E-state index is -0.00563. The Labute approximate surface area is 170 Å². The van der Waals surface area contributed by atoms with Crippen LogP contribution < -0.4 is 10.2 Å². The molecule has 0 bridgehead atoms. The zero-order chi connectivity index (χ0) is 19.5. The summed E-state index contributed by atoms with van der Waals surface area (Å²) in [4.78, 5) is 23.0. The van der Waals surface area contributed by atoms with Gasteiger partial charge in [-0.1, -0.05) is 29.8 Å². The molecule has 1 aromatic heterocycles. The molecule has 4 rings (SSSR count). The highest BCUT2D eigenvalue weighted by Crippen LogP contribution is 2.24. The molecule has 0 aliphatic carbocycles. The number of imidazole rings is 1. The molecule has 1 atom stereocenters. The second-order valence-corrected chi connectivity index (χ2v) is 7.97. The molecule has 1 aliphatic rings. The van der Waals surface area contributed by atoms with Gasteiger partial charge in [-0.05, 0) is 61.6 Å². The van der Waals surface area contributed by atoms with E-state index in [1.165, 1.54) is 11.1 Å². The zero-order valence-corrected chi connectivity index (χ0v) is 16.8. The molecule has 1 unspecified atom stereocenters. The Morgan fingerprint density at radius 1 is 1.29 bits per heavy atom. The van der Waals surface area contributed by atoms with Crippen LogP contribution in [0.4, 0.5) is 5.95 Å². The number of H-pyrrole nitrogens is 1. The van der Waals surface area contributed by atoms with Crippen molar-refractivity contribution < 1.29 is 4.79 Å². The van der Waals surface area contributed by atoms with Crippen molar-refractivity contribution in [2.45, 2.75) is 26.2 Å². The van der Waals surface area contributed by atoms with Gasteiger partial charge in [0.05, 0.1) is 17.0 Å². The lowest BCUT2D eigenvalue weighted by molar-refractivity contribution is -0.125. The highest BCUT2D eigenvalue weighted by Gasteiger charge is 2.27. The quantitative estimate of drug-likeness (QED) is 0.682. The van der Waals surface area contributed by atoms with Gasteiger partial charge in [-0.25, -0.2) is 4.98 Å². The summed E-state index contributed by atoms with van der Waals surface area (Å²) in [7, 11) is 0. The smallest absolute Gasteiger partial charge is 0.224 e. The van der Waals surface area contributed by atoms with Crippen LogP contribution in [-0.4, -0.2) is 35.5 Å². The molecule has 0 spiro atoms. The van der Waals surface area contributed by atoms with Crippen LogP contribution in [0.1, 0.15) is 24.0 Å². The highest BCUT2D eigenvalue weighted by molar-refractivity contribution is 6.30. The average molecular weight is 397 g/mol. The van der Waals surface area contributed by atoms with E-state index in [0.717, 1.165) is 47.8 Å². The molecule has 1 saturated heterocycles. The van der Waals surface area contributed by atoms with Gasteiger partial charge in [0.2, 0.25) is 11.9 Å². The number of piperidine rings is 1. The van der Waals surface area contributed by atoms with Crippen LogP contribution >= 0.6 is 11.6 Å². The maximum absolute atomic E-state index is 12.6. The molecular weight excluding hydrogens is 372 g/mol. The number of hydrogen-bond donors (Lipinski definition) is 2. The number of amides is 1. The first-order valence-electron chi connectivity index (χ1n) is 9.82. The van der Waals surface area contributed by atoms with Crippen molar-refractivity contribution in [3.05, 3.63) is 58.6 Å². The Morgan fingerprint density at radius 2 is 2.11 bits per heavy atom. The predicted octanol–water partition coefficient (Wildman–Crippen LogP) is 4.10. The number of carbonyl (C=O) groups is 1. The fourth-order valence-corrected chi connectivity index (χ4v) is 3.89. The summed E-state index contributed by atoms with van der Waals surface area (Å²) in [5.74, 6) is 0.985. The summed E-state index contributed by atoms with van der Waals surface area (Å²) in [6.07, 6.45) is 2.72. The summed E-state index contributed by atoms with van der Waals surface area (Å²) in [5.41, 5.74) is 4.39. The third-order valence-corrected chi connectivity index (χ3v) is 5.59. The second kappa shape index (κ2) is 8.23. The van der Waals surface area contributed by atoms with Gasteiger partial charge < -0.3 is 15.2 Å². The van der Waals surface area contributed by atoms with Crippen LogP contribution in [0.2, 0.25) is 5.02 Å². The molecule has 0 radical (unpaired) electrons. The highest BCUT2D eigenvalue weighted by atomic mass is 35.5. The number of benzene rings is 2. The molecule has 2 aromatic carbocycles. The van der Waals surface area contributed by atoms with Crippen LogP contribution in [0.3, 0.4) is 0 Å². The predicted molar refractivity (Wildman–Crippen MR) is 114 cm³/mol. The molecule has 0 saturated carbocycles. The van der Waals surface area contributed by atoms with E-state index in [1.807, 2.05) is 30.3 Å². The lowest BCUT2D eigenvalue weighted by Gasteiger charge is -2.31. The standard InChI is InChI=1S/C22H25ClN4O/c1-15-4-9-19-20(13-15)26-22(25-19)27-12-2-3-17(14-27)21(28)24-11-10-16-5-7-18(23)8-6-16/h4-9,13,17H,2-3,10-12,14H2,1H3,(H,24,28)(H,25,26). The SMILES string of the molecule is Cc1ccc2nc(N3CCCC(C(=O)NCCc4ccc(Cl)cc4)C3)[nH]c2c1. The first kappa shape index (κ1) is 18.8. The van der Waals surface area contributed by atoms with Crippen LogP contribution in [0.25, 0.3) is 11.0 Å². The third kappa shape index (κ3) is 4.30. The Kier molecular flexibility index (Phi) is 5.53. The van der Waals surface area contributed by atoms with Crippen molar-refractivity contribution in [3.63, 3.8) is 0 Å². The summed E-state index contributed by atoms with van der Waals surface area (Å²) in [5, 5.41) is 3.82. The fourth-order valence-electron chi connectivity index (χ4n) is 3.77. The number of fused-ring (bicyclic) bond motifs is 1. The lowest BCUT2D eigenvalue weighted by Crippen LogP contribution is -2.43. The van der Waals surface area contributed by atoms with Crippen LogP contribution in [0.15, 0.2) is 42.5 Å². The van der Waals surface area contributed by atoms with Gasteiger partial charge in [0.15, 0.2) is 0 Å². The van der Waals surface area contributed by atoms with Gasteiger partial charge in [0, 0.05) is 24.7 Å². The average Bonchev–Trinajstić information content (AvgIpc) is 3.13. The van der Waals surface area contributed by atoms with E-state index in [0.29, 0.717) is 13.1 Å². The van der Waals surface area contributed by atoms with Gasteiger partial charge in [-0.15, -0.1) is 0 Å². The maximum Gasteiger partial charge on any atom is 0.224 e. The third-order valence-electron chi connectivity index (χ3n) is 5.34. The van der Waals surface area contributed by atoms with Crippen molar-refractivity contribution in [1.29, 1.82) is 0 Å². The minimum absolute atomic E-state index is 0.00563. The number of nitrogens with one attached hydrogen (secondary N) is 2. The summed E-state index contributed by atoms with van der Waals surface area (Å²) < 4.78 is 0. The number of carbonyl (C=O) groups excluding carboxylic acids is 1. The van der Waals surface area contributed by atoms with E-state index >= 15 is 0 Å². The number of aryl methyl sites for hydroxylation is 1. The summed E-state index contributed by atoms with van der Waals surface area (Å²) >= 11 is 5.91. The zero-order valence-electron chi connectivity index (χ0n) is 16.0. The van der Waals surface area contributed by atoms with Crippen molar-refractivity contribution in [1.82, 2.24) is 15.3 Å². The second-order valence-electron chi connectivity index (χ2n) is 7.53. The molecule has 2 heterocycles. The van der Waals surface area contributed by atoms with Crippen LogP contribution in [0, 0.1) is 12.8 Å². The van der Waals surface area contributed by atoms with Crippen LogP contribution in [-0.2, 0) is 11.2 Å². The van der Waals surface area contributed by atoms with Gasteiger partial charge in [-0.3, -0.25) is 4.79 Å². The first-order chi connectivity index (χ1) is 13.6. The molecule has 1 amide bonds. The van der Waals surface area contributed by atoms with E-state index in [2.05, 4.69) is 34.3 Å². The van der Waals surface area contributed by atoms with Gasteiger partial charge in [0.25, 0.3) is 0 Å². The number of anilines is 1. The molecular formula is C22H25ClN4O. The van der Waals surface area contributed by atoms with E-state index in [9.17, 15) is 4.79 Å². The van der Waals surface area contributed by atoms with E-state index in [4.69, 9.17) is 16.6 Å². The van der Waals surface area contributed by atoms with E-state index in [-0.39, 0.29) is 11.8 Å². The van der Waals surface area contributed by atoms with Crippen LogP contribution in [0.5, 0.6) is 0 Å². The number of nitrogens with zero attached hydrogens (tertiary/aromatic N) is 2. The van der Waals surface area contributed by atoms with E-state index < -0.39 is 0 Å². The Morgan fingerprint density at radius 3 is 2.93 bits per heavy atom. The fraction of sp³-hybridized carbons (Fsp3) is 0.364. The number of aromatic amines is 1. The molecule has 6 heteroatoms. The Bertz CT molecular complexity index is 966. The topological polar surface area (TPSA) is 61.0 Å². The van der Waals surface area contributed by atoms with Gasteiger partial charge >= 0.3 is 0 Å². The van der Waals surface area contributed by atoms with Crippen molar-refractivity contribution in [2.24, 2.45) is 5.92 Å². The molecule has 2 N–H and O–H groups in total. The number of rotatable bonds is 5. The minimum Gasteiger partial charge on any atom is -0.355 e. The van der Waals surface area contributed by atoms with Crippen molar-refractivity contribution >= 4 is 34.5 Å². The van der Waals surface area contributed by atoms with E-state index in [1.54, 1.807) is 0 Å². The molecule has 3 aromatic rings. The van der Waals surface area contributed by atoms with Crippen molar-refractivity contribution in [3.8, 4) is 0 Å². The number of halogens is 1. The number of aromatic nitrogens is 2. The summed E-state index contributed by atoms with van der Waals surface area (Å²) in [6, 6.07) is 14.0. The lowest BCUT2D eigenvalue weighted by atomic mass is 9.97. The molecule has 146 valence electrons. The monoisotopic (exact) mass is 396 g/mol. The summed E-state index contributed by atoms with van der Waals surface area (Å²) in [6.45, 7) is 4.34. The van der Waals surface area contributed by atoms with Crippen molar-refractivity contribution in [2.75, 3.05) is 24.5 Å². The maximum atomic E-state index is 12.6. The van der Waals surface area contributed by atoms with Gasteiger partial charge in [0.1, 0.15) is 0 Å². The Balaban J connectivity index is 1.34. The molecule has 1 aliphatic heterocycles.